The van der Waals surface area contributed by atoms with E-state index in [1.807, 2.05) is 61.5 Å². The molecule has 0 spiro atoms. The number of aryl methyl sites for hydroxylation is 1. The molecule has 0 fully saturated rings. The molecule has 130 valence electrons. The van der Waals surface area contributed by atoms with Crippen molar-refractivity contribution in [3.63, 3.8) is 0 Å². The fraction of sp³-hybridized carbons (Fsp3) is 0.0909. The van der Waals surface area contributed by atoms with E-state index >= 15 is 0 Å². The van der Waals surface area contributed by atoms with Gasteiger partial charge in [0, 0.05) is 23.4 Å². The van der Waals surface area contributed by atoms with Crippen LogP contribution in [-0.2, 0) is 6.54 Å². The van der Waals surface area contributed by atoms with E-state index in [9.17, 15) is 9.59 Å². The highest BCUT2D eigenvalue weighted by Gasteiger charge is 2.09. The van der Waals surface area contributed by atoms with Gasteiger partial charge in [0.15, 0.2) is 0 Å². The van der Waals surface area contributed by atoms with Crippen LogP contribution in [0.25, 0.3) is 0 Å². The van der Waals surface area contributed by atoms with Gasteiger partial charge in [-0.05, 0) is 48.9 Å². The Morgan fingerprint density at radius 2 is 1.31 bits per heavy atom. The minimum absolute atomic E-state index is 0.166. The van der Waals surface area contributed by atoms with Gasteiger partial charge in [-0.2, -0.15) is 0 Å². The number of benzene rings is 3. The lowest BCUT2D eigenvalue weighted by Gasteiger charge is -2.08. The van der Waals surface area contributed by atoms with Gasteiger partial charge >= 0.3 is 0 Å². The fourth-order valence-electron chi connectivity index (χ4n) is 2.49. The number of carbonyl (C=O) groups is 2. The lowest BCUT2D eigenvalue weighted by molar-refractivity contribution is 0.0949. The van der Waals surface area contributed by atoms with Crippen molar-refractivity contribution in [1.29, 1.82) is 0 Å². The second-order valence-corrected chi connectivity index (χ2v) is 6.07. The van der Waals surface area contributed by atoms with Gasteiger partial charge in [-0.15, -0.1) is 0 Å². The molecule has 0 aliphatic heterocycles. The van der Waals surface area contributed by atoms with E-state index in [1.54, 1.807) is 24.3 Å². The van der Waals surface area contributed by atoms with Crippen molar-refractivity contribution in [1.82, 2.24) is 5.32 Å². The maximum Gasteiger partial charge on any atom is 0.255 e. The van der Waals surface area contributed by atoms with Crippen LogP contribution < -0.4 is 10.6 Å². The van der Waals surface area contributed by atoms with Crippen LogP contribution in [0.15, 0.2) is 78.9 Å². The Hall–Kier alpha value is -3.40. The minimum atomic E-state index is -0.206. The monoisotopic (exact) mass is 344 g/mol. The van der Waals surface area contributed by atoms with Crippen molar-refractivity contribution in [3.05, 3.63) is 101 Å². The Morgan fingerprint density at radius 3 is 1.92 bits per heavy atom. The normalized spacial score (nSPS) is 10.2. The van der Waals surface area contributed by atoms with Crippen molar-refractivity contribution >= 4 is 17.5 Å². The van der Waals surface area contributed by atoms with Crippen LogP contribution in [0.3, 0.4) is 0 Å². The first-order chi connectivity index (χ1) is 12.6. The van der Waals surface area contributed by atoms with Gasteiger partial charge in [0.25, 0.3) is 11.8 Å². The third-order valence-corrected chi connectivity index (χ3v) is 4.01. The Labute approximate surface area is 152 Å². The molecule has 3 aromatic carbocycles. The zero-order valence-corrected chi connectivity index (χ0v) is 14.5. The summed E-state index contributed by atoms with van der Waals surface area (Å²) >= 11 is 0. The number of hydrogen-bond acceptors (Lipinski definition) is 2. The molecule has 0 saturated heterocycles. The summed E-state index contributed by atoms with van der Waals surface area (Å²) in [4.78, 5) is 24.5. The van der Waals surface area contributed by atoms with Crippen molar-refractivity contribution < 1.29 is 9.59 Å². The summed E-state index contributed by atoms with van der Waals surface area (Å²) in [6.45, 7) is 2.49. The number of carbonyl (C=O) groups excluding carboxylic acids is 2. The topological polar surface area (TPSA) is 58.2 Å². The number of nitrogens with one attached hydrogen (secondary N) is 2. The van der Waals surface area contributed by atoms with Crippen LogP contribution in [0.4, 0.5) is 5.69 Å². The van der Waals surface area contributed by atoms with Gasteiger partial charge in [-0.3, -0.25) is 9.59 Å². The fourth-order valence-corrected chi connectivity index (χ4v) is 2.49. The highest BCUT2D eigenvalue weighted by molar-refractivity contribution is 6.05. The van der Waals surface area contributed by atoms with Crippen LogP contribution in [-0.4, -0.2) is 11.8 Å². The smallest absolute Gasteiger partial charge is 0.255 e. The molecule has 3 rings (SSSR count). The molecule has 4 heteroatoms. The summed E-state index contributed by atoms with van der Waals surface area (Å²) < 4.78 is 0. The summed E-state index contributed by atoms with van der Waals surface area (Å²) in [5.74, 6) is -0.372. The largest absolute Gasteiger partial charge is 0.348 e. The van der Waals surface area contributed by atoms with Crippen molar-refractivity contribution in [2.24, 2.45) is 0 Å². The zero-order valence-electron chi connectivity index (χ0n) is 14.5. The molecule has 0 heterocycles. The van der Waals surface area contributed by atoms with Crippen LogP contribution in [0.1, 0.15) is 31.8 Å². The van der Waals surface area contributed by atoms with E-state index in [2.05, 4.69) is 10.6 Å². The highest BCUT2D eigenvalue weighted by Crippen LogP contribution is 2.10. The van der Waals surface area contributed by atoms with Crippen LogP contribution in [0.2, 0.25) is 0 Å². The van der Waals surface area contributed by atoms with Gasteiger partial charge in [0.2, 0.25) is 0 Å². The lowest BCUT2D eigenvalue weighted by Crippen LogP contribution is -2.23. The molecular formula is C22H20N2O2. The van der Waals surface area contributed by atoms with Gasteiger partial charge in [0.05, 0.1) is 0 Å². The second-order valence-electron chi connectivity index (χ2n) is 6.07. The highest BCUT2D eigenvalue weighted by atomic mass is 16.2. The first-order valence-corrected chi connectivity index (χ1v) is 8.42. The quantitative estimate of drug-likeness (QED) is 0.729. The summed E-state index contributed by atoms with van der Waals surface area (Å²) in [7, 11) is 0. The molecule has 0 unspecified atom stereocenters. The molecule has 26 heavy (non-hydrogen) atoms. The second kappa shape index (κ2) is 8.12. The van der Waals surface area contributed by atoms with E-state index in [0.29, 0.717) is 17.7 Å². The predicted octanol–water partition coefficient (Wildman–Crippen LogP) is 4.18. The molecule has 2 N–H and O–H groups in total. The molecule has 2 amide bonds. The molecule has 0 aliphatic carbocycles. The Bertz CT molecular complexity index is 886. The van der Waals surface area contributed by atoms with Crippen LogP contribution in [0.5, 0.6) is 0 Å². The first kappa shape index (κ1) is 17.4. The average molecular weight is 344 g/mol. The number of amides is 2. The van der Waals surface area contributed by atoms with Gasteiger partial charge in [-0.1, -0.05) is 48.0 Å². The summed E-state index contributed by atoms with van der Waals surface area (Å²) in [5.41, 5.74) is 3.99. The lowest BCUT2D eigenvalue weighted by atomic mass is 10.1. The molecule has 0 atom stereocenters. The molecule has 0 bridgehead atoms. The molecule has 0 aromatic heterocycles. The van der Waals surface area contributed by atoms with Gasteiger partial charge in [-0.25, -0.2) is 0 Å². The average Bonchev–Trinajstić information content (AvgIpc) is 2.68. The number of anilines is 1. The first-order valence-electron chi connectivity index (χ1n) is 8.42. The Morgan fingerprint density at radius 1 is 0.731 bits per heavy atom. The molecule has 3 aromatic rings. The molecule has 0 saturated carbocycles. The minimum Gasteiger partial charge on any atom is -0.348 e. The summed E-state index contributed by atoms with van der Waals surface area (Å²) in [6, 6.07) is 23.9. The van der Waals surface area contributed by atoms with Crippen LogP contribution in [0, 0.1) is 6.92 Å². The maximum absolute atomic E-state index is 12.2. The zero-order chi connectivity index (χ0) is 18.4. The third kappa shape index (κ3) is 4.57. The Balaban J connectivity index is 1.58. The third-order valence-electron chi connectivity index (χ3n) is 4.01. The predicted molar refractivity (Wildman–Crippen MR) is 103 cm³/mol. The van der Waals surface area contributed by atoms with E-state index in [0.717, 1.165) is 11.3 Å². The van der Waals surface area contributed by atoms with E-state index in [1.165, 1.54) is 5.56 Å². The van der Waals surface area contributed by atoms with Gasteiger partial charge < -0.3 is 10.6 Å². The summed E-state index contributed by atoms with van der Waals surface area (Å²) in [6.07, 6.45) is 0. The van der Waals surface area contributed by atoms with Crippen molar-refractivity contribution in [2.75, 3.05) is 5.32 Å². The number of hydrogen-bond donors (Lipinski definition) is 2. The van der Waals surface area contributed by atoms with E-state index in [4.69, 9.17) is 0 Å². The van der Waals surface area contributed by atoms with Crippen LogP contribution >= 0.6 is 0 Å². The molecule has 4 nitrogen and oxygen atoms in total. The van der Waals surface area contributed by atoms with Crippen molar-refractivity contribution in [3.8, 4) is 0 Å². The Kier molecular flexibility index (Phi) is 5.44. The summed E-state index contributed by atoms with van der Waals surface area (Å²) in [5, 5.41) is 5.70. The van der Waals surface area contributed by atoms with E-state index < -0.39 is 0 Å². The van der Waals surface area contributed by atoms with E-state index in [-0.39, 0.29) is 11.8 Å². The maximum atomic E-state index is 12.2. The van der Waals surface area contributed by atoms with Gasteiger partial charge in [0.1, 0.15) is 0 Å². The molecule has 0 radical (unpaired) electrons. The SMILES string of the molecule is Cc1ccc(CNC(=O)c2ccc(C(=O)Nc3ccccc3)cc2)cc1. The molecule has 0 aliphatic rings. The number of rotatable bonds is 5. The standard InChI is InChI=1S/C22H20N2O2/c1-16-7-9-17(10-8-16)15-23-21(25)18-11-13-19(14-12-18)22(26)24-20-5-3-2-4-6-20/h2-14H,15H2,1H3,(H,23,25)(H,24,26). The molecular weight excluding hydrogens is 324 g/mol. The number of para-hydroxylation sites is 1. The van der Waals surface area contributed by atoms with Crippen molar-refractivity contribution in [2.45, 2.75) is 13.5 Å².